The maximum Gasteiger partial charge on any atom is 0.336 e. The number of anilines is 1. The molecule has 0 spiro atoms. The van der Waals surface area contributed by atoms with E-state index in [-0.39, 0.29) is 18.5 Å². The highest BCUT2D eigenvalue weighted by atomic mass is 79.9. The number of benzene rings is 1. The molecule has 2 rings (SSSR count). The van der Waals surface area contributed by atoms with Gasteiger partial charge >= 0.3 is 5.97 Å². The number of aryl methyl sites for hydroxylation is 1. The van der Waals surface area contributed by atoms with Crippen LogP contribution in [-0.4, -0.2) is 37.2 Å². The second-order valence-corrected chi connectivity index (χ2v) is 7.54. The van der Waals surface area contributed by atoms with Gasteiger partial charge in [0.1, 0.15) is 5.25 Å². The Labute approximate surface area is 129 Å². The molecule has 1 unspecified atom stereocenters. The molecule has 0 aliphatic carbocycles. The summed E-state index contributed by atoms with van der Waals surface area (Å²) in [7, 11) is -3.81. The minimum absolute atomic E-state index is 0.00227. The van der Waals surface area contributed by atoms with Gasteiger partial charge in [-0.25, -0.2) is 18.4 Å². The molecule has 1 fully saturated rings. The molecule has 7 nitrogen and oxygen atoms in total. The van der Waals surface area contributed by atoms with Crippen molar-refractivity contribution in [1.29, 1.82) is 0 Å². The third-order valence-corrected chi connectivity index (χ3v) is 5.26. The molecule has 1 aromatic carbocycles. The fraction of sp³-hybridized carbons (Fsp3) is 0.333. The van der Waals surface area contributed by atoms with E-state index in [2.05, 4.69) is 15.9 Å². The maximum atomic E-state index is 12.0. The first-order valence-corrected chi connectivity index (χ1v) is 8.37. The van der Waals surface area contributed by atoms with Crippen LogP contribution in [0.3, 0.4) is 0 Å². The standard InChI is InChI=1S/C12H13BrN2O5S/c1-6-2-9(13)8(12(17)18)4-10(6)15-5-7(3-11(15)16)21(14,19)20/h2,4,7H,3,5H2,1H3,(H,17,18)(H2,14,19,20). The number of carbonyl (C=O) groups excluding carboxylic acids is 1. The predicted octanol–water partition coefficient (Wildman–Crippen LogP) is 0.850. The summed E-state index contributed by atoms with van der Waals surface area (Å²) in [6, 6.07) is 2.93. The molecule has 1 saturated heterocycles. The lowest BCUT2D eigenvalue weighted by Crippen LogP contribution is -2.32. The molecule has 0 bridgehead atoms. The van der Waals surface area contributed by atoms with Crippen LogP contribution in [0.25, 0.3) is 0 Å². The molecule has 9 heteroatoms. The molecule has 1 atom stereocenters. The van der Waals surface area contributed by atoms with Gasteiger partial charge in [0, 0.05) is 23.1 Å². The largest absolute Gasteiger partial charge is 0.478 e. The lowest BCUT2D eigenvalue weighted by Gasteiger charge is -2.20. The summed E-state index contributed by atoms with van der Waals surface area (Å²) in [6.07, 6.45) is -0.198. The summed E-state index contributed by atoms with van der Waals surface area (Å²) in [5.74, 6) is -1.53. The molecule has 1 amide bonds. The van der Waals surface area contributed by atoms with Crippen molar-refractivity contribution in [3.05, 3.63) is 27.7 Å². The molecule has 21 heavy (non-hydrogen) atoms. The monoisotopic (exact) mass is 376 g/mol. The van der Waals surface area contributed by atoms with E-state index in [4.69, 9.17) is 10.2 Å². The van der Waals surface area contributed by atoms with Gasteiger partial charge in [0.25, 0.3) is 0 Å². The third-order valence-electron chi connectivity index (χ3n) is 3.36. The van der Waals surface area contributed by atoms with E-state index in [1.54, 1.807) is 13.0 Å². The summed E-state index contributed by atoms with van der Waals surface area (Å²) in [5.41, 5.74) is 1.05. The van der Waals surface area contributed by atoms with Crippen LogP contribution in [0.2, 0.25) is 0 Å². The fourth-order valence-corrected chi connectivity index (χ4v) is 3.60. The molecule has 1 heterocycles. The Hall–Kier alpha value is -1.45. The van der Waals surface area contributed by atoms with Crippen molar-refractivity contribution in [2.45, 2.75) is 18.6 Å². The van der Waals surface area contributed by atoms with Gasteiger partial charge in [-0.15, -0.1) is 0 Å². The Morgan fingerprint density at radius 2 is 2.10 bits per heavy atom. The number of hydrogen-bond donors (Lipinski definition) is 2. The highest BCUT2D eigenvalue weighted by Gasteiger charge is 2.38. The molecule has 0 saturated carbocycles. The number of carbonyl (C=O) groups is 2. The van der Waals surface area contributed by atoms with Crippen LogP contribution in [-0.2, 0) is 14.8 Å². The lowest BCUT2D eigenvalue weighted by atomic mass is 10.1. The number of nitrogens with two attached hydrogens (primary N) is 1. The minimum atomic E-state index is -3.81. The van der Waals surface area contributed by atoms with Crippen molar-refractivity contribution in [2.75, 3.05) is 11.4 Å². The number of rotatable bonds is 3. The highest BCUT2D eigenvalue weighted by Crippen LogP contribution is 2.31. The Bertz CT molecular complexity index is 731. The van der Waals surface area contributed by atoms with E-state index in [0.29, 0.717) is 15.7 Å². The maximum absolute atomic E-state index is 12.0. The lowest BCUT2D eigenvalue weighted by molar-refractivity contribution is -0.117. The molecular formula is C12H13BrN2O5S. The van der Waals surface area contributed by atoms with Crippen LogP contribution in [0.4, 0.5) is 5.69 Å². The molecule has 1 aromatic rings. The average molecular weight is 377 g/mol. The van der Waals surface area contributed by atoms with Gasteiger partial charge in [-0.1, -0.05) is 0 Å². The van der Waals surface area contributed by atoms with Gasteiger partial charge < -0.3 is 10.0 Å². The second-order valence-electron chi connectivity index (χ2n) is 4.84. The number of sulfonamides is 1. The Kier molecular flexibility index (Phi) is 4.09. The normalized spacial score (nSPS) is 19.1. The average Bonchev–Trinajstić information content (AvgIpc) is 2.70. The number of carboxylic acids is 1. The number of hydrogen-bond acceptors (Lipinski definition) is 4. The van der Waals surface area contributed by atoms with Gasteiger partial charge in [0.05, 0.1) is 5.56 Å². The molecule has 3 N–H and O–H groups in total. The highest BCUT2D eigenvalue weighted by molar-refractivity contribution is 9.10. The SMILES string of the molecule is Cc1cc(Br)c(C(=O)O)cc1N1CC(S(N)(=O)=O)CC1=O. The molecule has 0 radical (unpaired) electrons. The minimum Gasteiger partial charge on any atom is -0.478 e. The van der Waals surface area contributed by atoms with Crippen molar-refractivity contribution in [1.82, 2.24) is 0 Å². The van der Waals surface area contributed by atoms with E-state index in [0.717, 1.165) is 0 Å². The Morgan fingerprint density at radius 1 is 1.48 bits per heavy atom. The fourth-order valence-electron chi connectivity index (χ4n) is 2.24. The van der Waals surface area contributed by atoms with Crippen LogP contribution < -0.4 is 10.0 Å². The first kappa shape index (κ1) is 15.9. The van der Waals surface area contributed by atoms with Crippen LogP contribution in [0, 0.1) is 6.92 Å². The van der Waals surface area contributed by atoms with Crippen molar-refractivity contribution in [3.8, 4) is 0 Å². The van der Waals surface area contributed by atoms with Crippen LogP contribution in [0.5, 0.6) is 0 Å². The number of primary sulfonamides is 1. The van der Waals surface area contributed by atoms with Crippen molar-refractivity contribution in [3.63, 3.8) is 0 Å². The number of halogens is 1. The van der Waals surface area contributed by atoms with Gasteiger partial charge in [0.15, 0.2) is 0 Å². The number of nitrogens with zero attached hydrogens (tertiary/aromatic N) is 1. The Balaban J connectivity index is 2.45. The summed E-state index contributed by atoms with van der Waals surface area (Å²) in [6.45, 7) is 1.64. The number of amides is 1. The molecule has 0 aromatic heterocycles. The zero-order chi connectivity index (χ0) is 15.9. The van der Waals surface area contributed by atoms with E-state index in [9.17, 15) is 18.0 Å². The van der Waals surface area contributed by atoms with Crippen molar-refractivity contribution in [2.24, 2.45) is 5.14 Å². The quantitative estimate of drug-likeness (QED) is 0.810. The van der Waals surface area contributed by atoms with Gasteiger partial charge in [0.2, 0.25) is 15.9 Å². The molecular weight excluding hydrogens is 364 g/mol. The zero-order valence-corrected chi connectivity index (χ0v) is 13.4. The summed E-state index contributed by atoms with van der Waals surface area (Å²) < 4.78 is 23.1. The van der Waals surface area contributed by atoms with E-state index in [1.807, 2.05) is 0 Å². The summed E-state index contributed by atoms with van der Waals surface area (Å²) in [4.78, 5) is 24.4. The number of aromatic carboxylic acids is 1. The first-order valence-electron chi connectivity index (χ1n) is 5.96. The molecule has 1 aliphatic rings. The second kappa shape index (κ2) is 5.39. The van der Waals surface area contributed by atoms with E-state index >= 15 is 0 Å². The van der Waals surface area contributed by atoms with E-state index in [1.165, 1.54) is 11.0 Å². The van der Waals surface area contributed by atoms with E-state index < -0.39 is 27.1 Å². The third kappa shape index (κ3) is 3.09. The van der Waals surface area contributed by atoms with Crippen LogP contribution in [0.15, 0.2) is 16.6 Å². The number of carboxylic acid groups (broad SMARTS) is 1. The zero-order valence-electron chi connectivity index (χ0n) is 11.0. The summed E-state index contributed by atoms with van der Waals surface area (Å²) in [5, 5.41) is 13.2. The topological polar surface area (TPSA) is 118 Å². The van der Waals surface area contributed by atoms with Crippen LogP contribution in [0.1, 0.15) is 22.3 Å². The van der Waals surface area contributed by atoms with Gasteiger partial charge in [-0.2, -0.15) is 0 Å². The molecule has 1 aliphatic heterocycles. The van der Waals surface area contributed by atoms with Gasteiger partial charge in [-0.05, 0) is 40.5 Å². The Morgan fingerprint density at radius 3 is 2.57 bits per heavy atom. The predicted molar refractivity (Wildman–Crippen MR) is 79.7 cm³/mol. The smallest absolute Gasteiger partial charge is 0.336 e. The molecule has 114 valence electrons. The van der Waals surface area contributed by atoms with Gasteiger partial charge in [-0.3, -0.25) is 4.79 Å². The van der Waals surface area contributed by atoms with Crippen molar-refractivity contribution >= 4 is 43.5 Å². The first-order chi connectivity index (χ1) is 9.61. The summed E-state index contributed by atoms with van der Waals surface area (Å²) >= 11 is 3.15. The van der Waals surface area contributed by atoms with Crippen LogP contribution >= 0.6 is 15.9 Å². The van der Waals surface area contributed by atoms with Crippen molar-refractivity contribution < 1.29 is 23.1 Å².